The van der Waals surface area contributed by atoms with Crippen LogP contribution in [0.25, 0.3) is 0 Å². The Bertz CT molecular complexity index is 547. The van der Waals surface area contributed by atoms with E-state index >= 15 is 0 Å². The minimum Gasteiger partial charge on any atom is -0.398 e. The van der Waals surface area contributed by atoms with Crippen LogP contribution in [-0.4, -0.2) is 35.8 Å². The normalized spacial score (nSPS) is 15.7. The minimum absolute atomic E-state index is 0.104. The second-order valence-electron chi connectivity index (χ2n) is 6.17. The van der Waals surface area contributed by atoms with Gasteiger partial charge in [-0.1, -0.05) is 26.0 Å². The molecule has 126 valence electrons. The largest absolute Gasteiger partial charge is 0.398 e. The molecule has 1 saturated heterocycles. The number of rotatable bonds is 5. The van der Waals surface area contributed by atoms with Crippen LogP contribution in [0.4, 0.5) is 5.69 Å². The molecule has 0 bridgehead atoms. The average Bonchev–Trinajstić information content (AvgIpc) is 2.57. The Balaban J connectivity index is 1.86. The summed E-state index contributed by atoms with van der Waals surface area (Å²) in [5, 5.41) is 3.04. The number of para-hydroxylation sites is 1. The van der Waals surface area contributed by atoms with Crippen molar-refractivity contribution in [1.82, 2.24) is 10.2 Å². The van der Waals surface area contributed by atoms with E-state index in [1.807, 2.05) is 17.0 Å². The van der Waals surface area contributed by atoms with Gasteiger partial charge in [0.2, 0.25) is 5.91 Å². The molecule has 0 spiro atoms. The first-order valence-corrected chi connectivity index (χ1v) is 8.50. The van der Waals surface area contributed by atoms with Crippen molar-refractivity contribution < 1.29 is 9.59 Å². The maximum absolute atomic E-state index is 12.4. The molecule has 0 unspecified atom stereocenters. The predicted molar refractivity (Wildman–Crippen MR) is 92.0 cm³/mol. The lowest BCUT2D eigenvalue weighted by atomic mass is 9.98. The molecule has 0 aromatic heterocycles. The molecule has 5 heteroatoms. The highest BCUT2D eigenvalue weighted by molar-refractivity contribution is 5.99. The highest BCUT2D eigenvalue weighted by Crippen LogP contribution is 2.18. The van der Waals surface area contributed by atoms with Gasteiger partial charge < -0.3 is 16.0 Å². The van der Waals surface area contributed by atoms with Crippen LogP contribution in [0.3, 0.4) is 0 Å². The van der Waals surface area contributed by atoms with Gasteiger partial charge in [0.15, 0.2) is 0 Å². The number of likely N-dealkylation sites (tertiary alicyclic amines) is 1. The Hall–Kier alpha value is -2.04. The zero-order chi connectivity index (χ0) is 16.8. The number of carbonyl (C=O) groups excluding carboxylic acids is 2. The quantitative estimate of drug-likeness (QED) is 0.819. The fourth-order valence-electron chi connectivity index (χ4n) is 3.11. The van der Waals surface area contributed by atoms with E-state index in [1.165, 1.54) is 0 Å². The van der Waals surface area contributed by atoms with Gasteiger partial charge in [-0.15, -0.1) is 0 Å². The second-order valence-corrected chi connectivity index (χ2v) is 6.17. The van der Waals surface area contributed by atoms with Gasteiger partial charge in [0.05, 0.1) is 5.56 Å². The van der Waals surface area contributed by atoms with Crippen molar-refractivity contribution in [3.63, 3.8) is 0 Å². The lowest BCUT2D eigenvalue weighted by Gasteiger charge is -2.34. The summed E-state index contributed by atoms with van der Waals surface area (Å²) in [7, 11) is 0. The maximum atomic E-state index is 12.4. The topological polar surface area (TPSA) is 75.4 Å². The van der Waals surface area contributed by atoms with Crippen molar-refractivity contribution in [2.24, 2.45) is 5.92 Å². The number of carbonyl (C=O) groups is 2. The van der Waals surface area contributed by atoms with E-state index < -0.39 is 0 Å². The zero-order valence-electron chi connectivity index (χ0n) is 14.0. The first-order chi connectivity index (χ1) is 11.1. The van der Waals surface area contributed by atoms with E-state index in [9.17, 15) is 9.59 Å². The fourth-order valence-corrected chi connectivity index (χ4v) is 3.11. The summed E-state index contributed by atoms with van der Waals surface area (Å²) in [5.74, 6) is 0.255. The standard InChI is InChI=1S/C18H27N3O2/c1-3-13(4-2)18(23)21-11-9-14(10-12-21)20-17(22)15-7-5-6-8-16(15)19/h5-8,13-14H,3-4,9-12,19H2,1-2H3,(H,20,22). The van der Waals surface area contributed by atoms with E-state index in [1.54, 1.807) is 12.1 Å². The summed E-state index contributed by atoms with van der Waals surface area (Å²) < 4.78 is 0. The van der Waals surface area contributed by atoms with Gasteiger partial charge in [-0.25, -0.2) is 0 Å². The van der Waals surface area contributed by atoms with Crippen molar-refractivity contribution in [2.75, 3.05) is 18.8 Å². The Kier molecular flexibility index (Phi) is 6.02. The number of nitrogens with one attached hydrogen (secondary N) is 1. The SMILES string of the molecule is CCC(CC)C(=O)N1CCC(NC(=O)c2ccccc2N)CC1. The number of hydrogen-bond donors (Lipinski definition) is 2. The number of piperidine rings is 1. The Morgan fingerprint density at radius 2 is 1.83 bits per heavy atom. The number of nitrogens with zero attached hydrogens (tertiary/aromatic N) is 1. The molecule has 1 aromatic rings. The van der Waals surface area contributed by atoms with Crippen molar-refractivity contribution in [1.29, 1.82) is 0 Å². The number of anilines is 1. The van der Waals surface area contributed by atoms with Gasteiger partial charge in [0.1, 0.15) is 0 Å². The molecule has 1 aliphatic heterocycles. The van der Waals surface area contributed by atoms with Gasteiger partial charge in [-0.3, -0.25) is 9.59 Å². The van der Waals surface area contributed by atoms with Crippen LogP contribution in [0, 0.1) is 5.92 Å². The second kappa shape index (κ2) is 7.99. The molecule has 0 aliphatic carbocycles. The molecule has 1 aromatic carbocycles. The molecule has 1 aliphatic rings. The number of nitrogen functional groups attached to an aromatic ring is 1. The van der Waals surface area contributed by atoms with Crippen LogP contribution in [0.5, 0.6) is 0 Å². The molecule has 3 N–H and O–H groups in total. The van der Waals surface area contributed by atoms with Crippen molar-refractivity contribution >= 4 is 17.5 Å². The molecule has 0 atom stereocenters. The molecule has 1 fully saturated rings. The van der Waals surface area contributed by atoms with Crippen molar-refractivity contribution in [3.05, 3.63) is 29.8 Å². The van der Waals surface area contributed by atoms with E-state index in [4.69, 9.17) is 5.73 Å². The molecule has 1 heterocycles. The number of nitrogens with two attached hydrogens (primary N) is 1. The van der Waals surface area contributed by atoms with E-state index in [0.717, 1.165) is 25.7 Å². The molecule has 0 saturated carbocycles. The van der Waals surface area contributed by atoms with Gasteiger partial charge in [-0.2, -0.15) is 0 Å². The lowest BCUT2D eigenvalue weighted by Crippen LogP contribution is -2.48. The summed E-state index contributed by atoms with van der Waals surface area (Å²) in [5.41, 5.74) is 6.85. The van der Waals surface area contributed by atoms with Crippen molar-refractivity contribution in [2.45, 2.75) is 45.6 Å². The van der Waals surface area contributed by atoms with Crippen LogP contribution >= 0.6 is 0 Å². The number of amides is 2. The Morgan fingerprint density at radius 1 is 1.22 bits per heavy atom. The van der Waals surface area contributed by atoms with Crippen LogP contribution in [0.1, 0.15) is 49.9 Å². The highest BCUT2D eigenvalue weighted by Gasteiger charge is 2.27. The summed E-state index contributed by atoms with van der Waals surface area (Å²) in [4.78, 5) is 26.6. The van der Waals surface area contributed by atoms with Crippen molar-refractivity contribution in [3.8, 4) is 0 Å². The fraction of sp³-hybridized carbons (Fsp3) is 0.556. The molecular weight excluding hydrogens is 290 g/mol. The van der Waals surface area contributed by atoms with Gasteiger partial charge in [-0.05, 0) is 37.8 Å². The monoisotopic (exact) mass is 317 g/mol. The zero-order valence-corrected chi connectivity index (χ0v) is 14.0. The lowest BCUT2D eigenvalue weighted by molar-refractivity contribution is -0.136. The summed E-state index contributed by atoms with van der Waals surface area (Å²) >= 11 is 0. The summed E-state index contributed by atoms with van der Waals surface area (Å²) in [6.07, 6.45) is 3.37. The number of hydrogen-bond acceptors (Lipinski definition) is 3. The molecule has 0 radical (unpaired) electrons. The van der Waals surface area contributed by atoms with Crippen LogP contribution in [-0.2, 0) is 4.79 Å². The van der Waals surface area contributed by atoms with E-state index in [0.29, 0.717) is 24.3 Å². The first-order valence-electron chi connectivity index (χ1n) is 8.50. The maximum Gasteiger partial charge on any atom is 0.253 e. The van der Waals surface area contributed by atoms with Gasteiger partial charge in [0, 0.05) is 30.7 Å². The third kappa shape index (κ3) is 4.24. The summed E-state index contributed by atoms with van der Waals surface area (Å²) in [6, 6.07) is 7.19. The summed E-state index contributed by atoms with van der Waals surface area (Å²) in [6.45, 7) is 5.54. The molecule has 23 heavy (non-hydrogen) atoms. The predicted octanol–water partition coefficient (Wildman–Crippen LogP) is 2.43. The van der Waals surface area contributed by atoms with Gasteiger partial charge >= 0.3 is 0 Å². The third-order valence-corrected chi connectivity index (χ3v) is 4.68. The van der Waals surface area contributed by atoms with Crippen LogP contribution < -0.4 is 11.1 Å². The van der Waals surface area contributed by atoms with Crippen LogP contribution in [0.15, 0.2) is 24.3 Å². The third-order valence-electron chi connectivity index (χ3n) is 4.68. The Labute approximate surface area is 138 Å². The highest BCUT2D eigenvalue weighted by atomic mass is 16.2. The van der Waals surface area contributed by atoms with Crippen LogP contribution in [0.2, 0.25) is 0 Å². The Morgan fingerprint density at radius 3 is 2.39 bits per heavy atom. The molecule has 2 amide bonds. The first kappa shape index (κ1) is 17.3. The molecule has 2 rings (SSSR count). The smallest absolute Gasteiger partial charge is 0.253 e. The molecular formula is C18H27N3O2. The van der Waals surface area contributed by atoms with E-state index in [-0.39, 0.29) is 23.8 Å². The molecule has 5 nitrogen and oxygen atoms in total. The van der Waals surface area contributed by atoms with Gasteiger partial charge in [0.25, 0.3) is 5.91 Å². The van der Waals surface area contributed by atoms with E-state index in [2.05, 4.69) is 19.2 Å². The number of benzene rings is 1. The minimum atomic E-state index is -0.132. The average molecular weight is 317 g/mol.